The molecule has 0 aliphatic rings. The van der Waals surface area contributed by atoms with Crippen LogP contribution >= 0.6 is 0 Å². The summed E-state index contributed by atoms with van der Waals surface area (Å²) >= 11 is 0. The van der Waals surface area contributed by atoms with Crippen molar-refractivity contribution in [3.63, 3.8) is 0 Å². The van der Waals surface area contributed by atoms with E-state index in [1.807, 2.05) is 19.1 Å². The number of aromatic nitrogens is 3. The molecule has 5 nitrogen and oxygen atoms in total. The highest BCUT2D eigenvalue weighted by atomic mass is 19.3. The molecule has 0 fully saturated rings. The van der Waals surface area contributed by atoms with Crippen molar-refractivity contribution in [1.82, 2.24) is 14.6 Å². The lowest BCUT2D eigenvalue weighted by Crippen LogP contribution is -2.14. The zero-order valence-corrected chi connectivity index (χ0v) is 15.5. The van der Waals surface area contributed by atoms with Crippen LogP contribution in [-0.4, -0.2) is 20.5 Å². The van der Waals surface area contributed by atoms with Gasteiger partial charge in [0.05, 0.1) is 17.6 Å². The van der Waals surface area contributed by atoms with Crippen LogP contribution in [0.1, 0.15) is 28.0 Å². The molecule has 4 rings (SSSR count). The molecule has 0 saturated heterocycles. The summed E-state index contributed by atoms with van der Waals surface area (Å²) in [5.74, 6) is -2.59. The van der Waals surface area contributed by atoms with Crippen molar-refractivity contribution in [2.24, 2.45) is 0 Å². The highest BCUT2D eigenvalue weighted by Crippen LogP contribution is 2.27. The normalized spacial score (nSPS) is 11.3. The SMILES string of the molecule is Cc1ccc(-c2cc(C(F)F)n3ncc(C(=O)Nc4ccc(F)cc4F)c3n2)cc1. The van der Waals surface area contributed by atoms with Gasteiger partial charge < -0.3 is 5.32 Å². The minimum Gasteiger partial charge on any atom is -0.319 e. The smallest absolute Gasteiger partial charge is 0.280 e. The number of nitrogens with one attached hydrogen (secondary N) is 1. The van der Waals surface area contributed by atoms with Gasteiger partial charge in [0.2, 0.25) is 0 Å². The molecule has 152 valence electrons. The van der Waals surface area contributed by atoms with E-state index in [2.05, 4.69) is 15.4 Å². The molecule has 0 radical (unpaired) electrons. The van der Waals surface area contributed by atoms with E-state index in [0.717, 1.165) is 28.4 Å². The zero-order valence-electron chi connectivity index (χ0n) is 15.5. The average Bonchev–Trinajstić information content (AvgIpc) is 3.14. The van der Waals surface area contributed by atoms with E-state index in [1.165, 1.54) is 6.07 Å². The number of fused-ring (bicyclic) bond motifs is 1. The summed E-state index contributed by atoms with van der Waals surface area (Å²) < 4.78 is 55.1. The van der Waals surface area contributed by atoms with Gasteiger partial charge in [-0.15, -0.1) is 0 Å². The molecule has 1 amide bonds. The van der Waals surface area contributed by atoms with E-state index in [0.29, 0.717) is 11.6 Å². The molecule has 0 aliphatic carbocycles. The number of alkyl halides is 2. The van der Waals surface area contributed by atoms with Gasteiger partial charge >= 0.3 is 0 Å². The van der Waals surface area contributed by atoms with Gasteiger partial charge in [0.1, 0.15) is 22.9 Å². The number of carbonyl (C=O) groups excluding carboxylic acids is 1. The van der Waals surface area contributed by atoms with Gasteiger partial charge in [0.25, 0.3) is 12.3 Å². The Kier molecular flexibility index (Phi) is 4.94. The van der Waals surface area contributed by atoms with Crippen LogP contribution in [0.4, 0.5) is 23.2 Å². The van der Waals surface area contributed by atoms with Crippen molar-refractivity contribution in [2.75, 3.05) is 5.32 Å². The maximum absolute atomic E-state index is 13.9. The van der Waals surface area contributed by atoms with Crippen LogP contribution < -0.4 is 5.32 Å². The van der Waals surface area contributed by atoms with Crippen molar-refractivity contribution < 1.29 is 22.4 Å². The van der Waals surface area contributed by atoms with Crippen molar-refractivity contribution in [3.8, 4) is 11.3 Å². The van der Waals surface area contributed by atoms with Gasteiger partial charge in [-0.1, -0.05) is 29.8 Å². The Morgan fingerprint density at radius 1 is 1.07 bits per heavy atom. The van der Waals surface area contributed by atoms with Gasteiger partial charge in [0.15, 0.2) is 5.65 Å². The minimum atomic E-state index is -2.87. The molecule has 30 heavy (non-hydrogen) atoms. The van der Waals surface area contributed by atoms with Gasteiger partial charge in [-0.25, -0.2) is 27.1 Å². The Morgan fingerprint density at radius 2 is 1.80 bits per heavy atom. The highest BCUT2D eigenvalue weighted by molar-refractivity contribution is 6.08. The zero-order chi connectivity index (χ0) is 21.4. The fraction of sp³-hybridized carbons (Fsp3) is 0.0952. The molecule has 0 aliphatic heterocycles. The molecule has 0 atom stereocenters. The predicted molar refractivity (Wildman–Crippen MR) is 102 cm³/mol. The van der Waals surface area contributed by atoms with Crippen molar-refractivity contribution in [2.45, 2.75) is 13.3 Å². The molecule has 0 unspecified atom stereocenters. The first-order valence-corrected chi connectivity index (χ1v) is 8.84. The third-order valence-electron chi connectivity index (χ3n) is 4.49. The molecule has 0 bridgehead atoms. The summed E-state index contributed by atoms with van der Waals surface area (Å²) in [5.41, 5.74) is 0.868. The Bertz CT molecular complexity index is 1250. The number of hydrogen-bond acceptors (Lipinski definition) is 3. The second kappa shape index (κ2) is 7.58. The van der Waals surface area contributed by atoms with Crippen LogP contribution in [0.3, 0.4) is 0 Å². The van der Waals surface area contributed by atoms with E-state index < -0.39 is 29.7 Å². The first-order valence-electron chi connectivity index (χ1n) is 8.84. The molecule has 9 heteroatoms. The van der Waals surface area contributed by atoms with Gasteiger partial charge in [-0.3, -0.25) is 4.79 Å². The Hall–Kier alpha value is -3.75. The van der Waals surface area contributed by atoms with Crippen LogP contribution in [0.5, 0.6) is 0 Å². The molecular formula is C21H14F4N4O. The molecule has 1 N–H and O–H groups in total. The Labute approximate surface area is 168 Å². The van der Waals surface area contributed by atoms with E-state index in [4.69, 9.17) is 0 Å². The van der Waals surface area contributed by atoms with Crippen molar-refractivity contribution in [1.29, 1.82) is 0 Å². The van der Waals surface area contributed by atoms with E-state index >= 15 is 0 Å². The number of amides is 1. The molecule has 0 saturated carbocycles. The second-order valence-electron chi connectivity index (χ2n) is 6.60. The summed E-state index contributed by atoms with van der Waals surface area (Å²) in [4.78, 5) is 17.0. The van der Waals surface area contributed by atoms with Crippen LogP contribution in [0, 0.1) is 18.6 Å². The summed E-state index contributed by atoms with van der Waals surface area (Å²) in [6.07, 6.45) is -1.80. The first-order chi connectivity index (χ1) is 14.3. The molecule has 2 aromatic carbocycles. The predicted octanol–water partition coefficient (Wildman–Crippen LogP) is 5.17. The second-order valence-corrected chi connectivity index (χ2v) is 6.60. The molecular weight excluding hydrogens is 400 g/mol. The largest absolute Gasteiger partial charge is 0.319 e. The molecule has 4 aromatic rings. The lowest BCUT2D eigenvalue weighted by atomic mass is 10.1. The van der Waals surface area contributed by atoms with Gasteiger partial charge in [0, 0.05) is 11.6 Å². The quantitative estimate of drug-likeness (QED) is 0.469. The van der Waals surface area contributed by atoms with Gasteiger partial charge in [-0.05, 0) is 25.1 Å². The highest BCUT2D eigenvalue weighted by Gasteiger charge is 2.22. The first kappa shape index (κ1) is 19.6. The third-order valence-corrected chi connectivity index (χ3v) is 4.49. The van der Waals surface area contributed by atoms with Gasteiger partial charge in [-0.2, -0.15) is 5.10 Å². The summed E-state index contributed by atoms with van der Waals surface area (Å²) in [6, 6.07) is 10.9. The van der Waals surface area contributed by atoms with Crippen LogP contribution in [0.25, 0.3) is 16.9 Å². The maximum Gasteiger partial charge on any atom is 0.280 e. The number of anilines is 1. The van der Waals surface area contributed by atoms with E-state index in [9.17, 15) is 22.4 Å². The monoisotopic (exact) mass is 414 g/mol. The maximum atomic E-state index is 13.9. The summed E-state index contributed by atoms with van der Waals surface area (Å²) in [5, 5.41) is 6.13. The molecule has 2 aromatic heterocycles. The van der Waals surface area contributed by atoms with E-state index in [-0.39, 0.29) is 22.6 Å². The number of rotatable bonds is 4. The number of nitrogens with zero attached hydrogens (tertiary/aromatic N) is 3. The van der Waals surface area contributed by atoms with Crippen LogP contribution in [0.2, 0.25) is 0 Å². The topological polar surface area (TPSA) is 59.3 Å². The lowest BCUT2D eigenvalue weighted by molar-refractivity contribution is 0.102. The van der Waals surface area contributed by atoms with Crippen LogP contribution in [0.15, 0.2) is 54.7 Å². The minimum absolute atomic E-state index is 0.108. The fourth-order valence-electron chi connectivity index (χ4n) is 2.95. The van der Waals surface area contributed by atoms with E-state index in [1.54, 1.807) is 12.1 Å². The standard InChI is InChI=1S/C21H14F4N4O/c1-11-2-4-12(5-3-11)17-9-18(19(24)25)29-20(27-17)14(10-26-29)21(30)28-16-7-6-13(22)8-15(16)23/h2-10,19H,1H3,(H,28,30). The lowest BCUT2D eigenvalue weighted by Gasteiger charge is -2.09. The number of carbonyl (C=O) groups is 1. The third kappa shape index (κ3) is 3.61. The van der Waals surface area contributed by atoms with Crippen LogP contribution in [-0.2, 0) is 0 Å². The number of aryl methyl sites for hydroxylation is 1. The molecule has 0 spiro atoms. The fourth-order valence-corrected chi connectivity index (χ4v) is 2.95. The Morgan fingerprint density at radius 3 is 2.47 bits per heavy atom. The molecule has 2 heterocycles. The van der Waals surface area contributed by atoms with Crippen molar-refractivity contribution in [3.05, 3.63) is 83.2 Å². The number of hydrogen-bond donors (Lipinski definition) is 1. The average molecular weight is 414 g/mol. The number of benzene rings is 2. The summed E-state index contributed by atoms with van der Waals surface area (Å²) in [6.45, 7) is 1.89. The number of halogens is 4. The summed E-state index contributed by atoms with van der Waals surface area (Å²) in [7, 11) is 0. The Balaban J connectivity index is 1.80. The van der Waals surface area contributed by atoms with Crippen molar-refractivity contribution >= 4 is 17.2 Å².